The van der Waals surface area contributed by atoms with Gasteiger partial charge < -0.3 is 10.2 Å². The van der Waals surface area contributed by atoms with Crippen LogP contribution in [0.1, 0.15) is 13.8 Å². The summed E-state index contributed by atoms with van der Waals surface area (Å²) in [6.45, 7) is 3.65. The highest BCUT2D eigenvalue weighted by atomic mass is 32.2. The van der Waals surface area contributed by atoms with Crippen molar-refractivity contribution in [2.24, 2.45) is 0 Å². The molecule has 0 rings (SSSR count). The highest BCUT2D eigenvalue weighted by molar-refractivity contribution is 8.04. The van der Waals surface area contributed by atoms with Crippen LogP contribution in [-0.2, 0) is 0 Å². The van der Waals surface area contributed by atoms with Crippen molar-refractivity contribution >= 4 is 35.3 Å². The fourth-order valence-electron chi connectivity index (χ4n) is 0.846. The third kappa shape index (κ3) is 15.0. The fourth-order valence-corrected chi connectivity index (χ4v) is 3.95. The highest BCUT2D eigenvalue weighted by Gasteiger charge is 1.97. The van der Waals surface area contributed by atoms with Crippen LogP contribution in [0.2, 0.25) is 0 Å². The quantitative estimate of drug-likeness (QED) is 0.594. The number of aliphatic hydroxyl groups is 2. The molecule has 15 heavy (non-hydrogen) atoms. The lowest BCUT2D eigenvalue weighted by atomic mass is 10.5. The van der Waals surface area contributed by atoms with Gasteiger partial charge in [-0.25, -0.2) is 0 Å². The van der Waals surface area contributed by atoms with Crippen LogP contribution in [0.15, 0.2) is 0 Å². The summed E-state index contributed by atoms with van der Waals surface area (Å²) < 4.78 is 0. The molecule has 0 aromatic carbocycles. The monoisotopic (exact) mass is 270 g/mol. The maximum atomic E-state index is 9.02. The first-order chi connectivity index (χ1) is 7.13. The Labute approximate surface area is 106 Å². The van der Waals surface area contributed by atoms with Gasteiger partial charge in [0.2, 0.25) is 0 Å². The minimum atomic E-state index is -0.179. The minimum absolute atomic E-state index is 0.179. The molecule has 0 amide bonds. The molecule has 0 aromatic rings. The zero-order valence-electron chi connectivity index (χ0n) is 9.52. The van der Waals surface area contributed by atoms with Gasteiger partial charge in [0.25, 0.3) is 0 Å². The molecule has 0 spiro atoms. The molecule has 0 saturated heterocycles. The maximum absolute atomic E-state index is 9.02. The first kappa shape index (κ1) is 16.0. The van der Waals surface area contributed by atoms with E-state index in [1.54, 1.807) is 0 Å². The maximum Gasteiger partial charge on any atom is 0.0602 e. The molecule has 0 fully saturated rings. The molecule has 0 aliphatic rings. The van der Waals surface area contributed by atoms with Crippen molar-refractivity contribution in [3.8, 4) is 0 Å². The van der Waals surface area contributed by atoms with Crippen molar-refractivity contribution in [1.82, 2.24) is 0 Å². The zero-order chi connectivity index (χ0) is 11.5. The van der Waals surface area contributed by atoms with Crippen LogP contribution in [0, 0.1) is 0 Å². The average Bonchev–Trinajstić information content (AvgIpc) is 2.14. The Morgan fingerprint density at radius 2 is 1.07 bits per heavy atom. The Balaban J connectivity index is 2.93. The fraction of sp³-hybridized carbons (Fsp3) is 1.00. The lowest BCUT2D eigenvalue weighted by molar-refractivity contribution is 0.220. The van der Waals surface area contributed by atoms with Gasteiger partial charge >= 0.3 is 0 Å². The second-order valence-electron chi connectivity index (χ2n) is 3.46. The van der Waals surface area contributed by atoms with Crippen molar-refractivity contribution in [2.75, 3.05) is 34.5 Å². The molecule has 2 unspecified atom stereocenters. The van der Waals surface area contributed by atoms with Crippen LogP contribution < -0.4 is 0 Å². The molecule has 0 radical (unpaired) electrons. The SMILES string of the molecule is CC(O)CSCCSCCSCC(C)O. The van der Waals surface area contributed by atoms with E-state index < -0.39 is 0 Å². The minimum Gasteiger partial charge on any atom is -0.393 e. The Bertz CT molecular complexity index is 118. The second-order valence-corrected chi connectivity index (χ2v) is 6.98. The van der Waals surface area contributed by atoms with Crippen LogP contribution in [0.4, 0.5) is 0 Å². The molecule has 2 atom stereocenters. The van der Waals surface area contributed by atoms with Gasteiger partial charge in [0.05, 0.1) is 12.2 Å². The van der Waals surface area contributed by atoms with Gasteiger partial charge in [-0.2, -0.15) is 35.3 Å². The first-order valence-corrected chi connectivity index (χ1v) is 8.68. The normalized spacial score (nSPS) is 15.2. The lowest BCUT2D eigenvalue weighted by Crippen LogP contribution is -2.04. The molecule has 0 aliphatic carbocycles. The number of aliphatic hydroxyl groups excluding tert-OH is 2. The summed E-state index contributed by atoms with van der Waals surface area (Å²) in [6, 6.07) is 0. The van der Waals surface area contributed by atoms with Crippen molar-refractivity contribution in [1.29, 1.82) is 0 Å². The van der Waals surface area contributed by atoms with E-state index in [-0.39, 0.29) is 12.2 Å². The van der Waals surface area contributed by atoms with Gasteiger partial charge in [0, 0.05) is 34.5 Å². The molecular formula is C10H22O2S3. The lowest BCUT2D eigenvalue weighted by Gasteiger charge is -2.05. The highest BCUT2D eigenvalue weighted by Crippen LogP contribution is 2.11. The largest absolute Gasteiger partial charge is 0.393 e. The van der Waals surface area contributed by atoms with Crippen LogP contribution in [-0.4, -0.2) is 56.9 Å². The summed E-state index contributed by atoms with van der Waals surface area (Å²) >= 11 is 5.58. The van der Waals surface area contributed by atoms with E-state index in [1.165, 1.54) is 0 Å². The molecule has 2 nitrogen and oxygen atoms in total. The van der Waals surface area contributed by atoms with Crippen LogP contribution in [0.5, 0.6) is 0 Å². The van der Waals surface area contributed by atoms with Gasteiger partial charge in [-0.05, 0) is 13.8 Å². The first-order valence-electron chi connectivity index (χ1n) is 5.22. The van der Waals surface area contributed by atoms with Gasteiger partial charge in [-0.3, -0.25) is 0 Å². The van der Waals surface area contributed by atoms with Crippen LogP contribution >= 0.6 is 35.3 Å². The standard InChI is InChI=1S/C10H22O2S3/c1-9(11)7-14-5-3-13-4-6-15-8-10(2)12/h9-12H,3-8H2,1-2H3. The van der Waals surface area contributed by atoms with E-state index in [0.717, 1.165) is 34.5 Å². The summed E-state index contributed by atoms with van der Waals surface area (Å²) in [4.78, 5) is 0. The van der Waals surface area contributed by atoms with Gasteiger partial charge in [-0.1, -0.05) is 0 Å². The molecule has 0 aromatic heterocycles. The predicted octanol–water partition coefficient (Wildman–Crippen LogP) is 1.95. The summed E-state index contributed by atoms with van der Waals surface area (Å²) in [6.07, 6.45) is -0.358. The van der Waals surface area contributed by atoms with Crippen molar-refractivity contribution < 1.29 is 10.2 Å². The topological polar surface area (TPSA) is 40.5 Å². The van der Waals surface area contributed by atoms with E-state index in [1.807, 2.05) is 49.1 Å². The number of hydrogen-bond donors (Lipinski definition) is 2. The Hall–Kier alpha value is 0.970. The van der Waals surface area contributed by atoms with Gasteiger partial charge in [0.1, 0.15) is 0 Å². The van der Waals surface area contributed by atoms with Crippen LogP contribution in [0.25, 0.3) is 0 Å². The third-order valence-corrected chi connectivity index (χ3v) is 5.39. The zero-order valence-corrected chi connectivity index (χ0v) is 12.0. The predicted molar refractivity (Wildman–Crippen MR) is 75.3 cm³/mol. The van der Waals surface area contributed by atoms with Gasteiger partial charge in [-0.15, -0.1) is 0 Å². The van der Waals surface area contributed by atoms with E-state index in [9.17, 15) is 0 Å². The van der Waals surface area contributed by atoms with Gasteiger partial charge in [0.15, 0.2) is 0 Å². The summed E-state index contributed by atoms with van der Waals surface area (Å²) in [7, 11) is 0. The number of rotatable bonds is 10. The smallest absolute Gasteiger partial charge is 0.0602 e. The average molecular weight is 270 g/mol. The number of thioether (sulfide) groups is 3. The molecule has 5 heteroatoms. The Morgan fingerprint density at radius 1 is 0.733 bits per heavy atom. The molecular weight excluding hydrogens is 248 g/mol. The van der Waals surface area contributed by atoms with Crippen molar-refractivity contribution in [3.05, 3.63) is 0 Å². The third-order valence-electron chi connectivity index (χ3n) is 1.46. The number of hydrogen-bond acceptors (Lipinski definition) is 5. The summed E-state index contributed by atoms with van der Waals surface area (Å²) in [5.41, 5.74) is 0. The van der Waals surface area contributed by atoms with E-state index in [0.29, 0.717) is 0 Å². The Kier molecular flexibility index (Phi) is 12.2. The van der Waals surface area contributed by atoms with E-state index in [4.69, 9.17) is 10.2 Å². The molecule has 2 N–H and O–H groups in total. The van der Waals surface area contributed by atoms with Crippen molar-refractivity contribution in [3.63, 3.8) is 0 Å². The molecule has 0 aliphatic heterocycles. The van der Waals surface area contributed by atoms with Crippen LogP contribution in [0.3, 0.4) is 0 Å². The summed E-state index contributed by atoms with van der Waals surface area (Å²) in [5.74, 6) is 6.25. The summed E-state index contributed by atoms with van der Waals surface area (Å²) in [5, 5.41) is 18.0. The van der Waals surface area contributed by atoms with E-state index >= 15 is 0 Å². The Morgan fingerprint density at radius 3 is 1.40 bits per heavy atom. The molecule has 0 saturated carbocycles. The molecule has 0 heterocycles. The molecule has 0 bridgehead atoms. The molecule has 92 valence electrons. The second kappa shape index (κ2) is 11.5. The van der Waals surface area contributed by atoms with Crippen molar-refractivity contribution in [2.45, 2.75) is 26.1 Å². The van der Waals surface area contributed by atoms with E-state index in [2.05, 4.69) is 0 Å².